The number of alkyl halides is 3. The Morgan fingerprint density at radius 2 is 1.22 bits per heavy atom. The molecule has 0 aliphatic carbocycles. The Kier molecular flexibility index (Phi) is 37.2. The molecule has 0 radical (unpaired) electrons. The van der Waals surface area contributed by atoms with Gasteiger partial charge in [0.25, 0.3) is 0 Å². The van der Waals surface area contributed by atoms with Gasteiger partial charge in [-0.2, -0.15) is 13.2 Å². The van der Waals surface area contributed by atoms with Crippen molar-refractivity contribution in [2.75, 3.05) is 59.7 Å². The van der Waals surface area contributed by atoms with Gasteiger partial charge in [0.1, 0.15) is 48.0 Å². The molecule has 0 saturated carbocycles. The van der Waals surface area contributed by atoms with Gasteiger partial charge in [0, 0.05) is 137 Å². The topological polar surface area (TPSA) is 469 Å². The molecule has 0 bridgehead atoms. The van der Waals surface area contributed by atoms with Gasteiger partial charge < -0.3 is 86.8 Å². The average Bonchev–Trinajstić information content (AvgIpc) is 1.65. The van der Waals surface area contributed by atoms with Gasteiger partial charge in [0.15, 0.2) is 17.3 Å². The van der Waals surface area contributed by atoms with Crippen LogP contribution in [0, 0.1) is 17.8 Å². The Morgan fingerprint density at radius 1 is 0.623 bits per heavy atom. The average molecular weight is 1940 g/mol. The molecule has 6 aromatic carbocycles. The molecular formula is C100H118ClF3N14O19S. The monoisotopic (exact) mass is 1940 g/mol. The summed E-state index contributed by atoms with van der Waals surface area (Å²) >= 11 is 7.99. The number of rotatable bonds is 24. The number of ketones is 3. The molecule has 736 valence electrons. The van der Waals surface area contributed by atoms with Crippen LogP contribution in [0.4, 0.5) is 13.2 Å². The molecule has 12 N–H and O–H groups in total. The number of amides is 11. The molecule has 2 fully saturated rings. The highest BCUT2D eigenvalue weighted by Crippen LogP contribution is 2.34. The van der Waals surface area contributed by atoms with E-state index < -0.39 is 242 Å². The van der Waals surface area contributed by atoms with Crippen LogP contribution in [0.2, 0.25) is 5.02 Å². The third-order valence-electron chi connectivity index (χ3n) is 25.9. The smallest absolute Gasteiger partial charge is 0.416 e. The number of aliphatic carboxylic acids is 1. The van der Waals surface area contributed by atoms with E-state index in [0.717, 1.165) is 43.9 Å². The predicted octanol–water partition coefficient (Wildman–Crippen LogP) is 7.52. The van der Waals surface area contributed by atoms with Crippen molar-refractivity contribution in [2.45, 2.75) is 203 Å². The number of benzene rings is 6. The van der Waals surface area contributed by atoms with Gasteiger partial charge in [-0.15, -0.1) is 11.8 Å². The number of nitrogens with one attached hydrogen (secondary N) is 8. The maximum atomic E-state index is 16.3. The van der Waals surface area contributed by atoms with E-state index in [9.17, 15) is 57.6 Å². The van der Waals surface area contributed by atoms with Crippen molar-refractivity contribution in [2.24, 2.45) is 22.7 Å². The van der Waals surface area contributed by atoms with E-state index in [1.54, 1.807) is 136 Å². The second kappa shape index (κ2) is 48.7. The van der Waals surface area contributed by atoms with Crippen LogP contribution in [0.25, 0.3) is 21.8 Å². The number of fused-ring (bicyclic) bond motifs is 2. The summed E-state index contributed by atoms with van der Waals surface area (Å²) in [6.07, 6.45) is -8.51. The highest BCUT2D eigenvalue weighted by Gasteiger charge is 2.46. The summed E-state index contributed by atoms with van der Waals surface area (Å²) in [5, 5.41) is 58.9. The van der Waals surface area contributed by atoms with Crippen LogP contribution >= 0.6 is 23.4 Å². The number of para-hydroxylation sites is 2. The number of likely N-dealkylation sites (N-methyl/N-ethyl adjacent to an activating group) is 3. The first-order valence-electron chi connectivity index (χ1n) is 46.0. The Labute approximate surface area is 805 Å². The molecule has 2 saturated heterocycles. The number of phenols is 1. The number of aromatic hydroxyl groups is 1. The van der Waals surface area contributed by atoms with Gasteiger partial charge in [-0.05, 0) is 147 Å². The Morgan fingerprint density at radius 3 is 1.81 bits per heavy atom. The zero-order valence-corrected chi connectivity index (χ0v) is 79.3. The van der Waals surface area contributed by atoms with Crippen molar-refractivity contribution in [1.82, 2.24) is 66.4 Å². The Balaban J connectivity index is 1.04. The van der Waals surface area contributed by atoms with E-state index in [-0.39, 0.29) is 93.8 Å². The van der Waals surface area contributed by atoms with Crippen molar-refractivity contribution in [1.29, 1.82) is 0 Å². The molecule has 2 aromatic heterocycles. The van der Waals surface area contributed by atoms with Crippen molar-refractivity contribution < 1.29 is 106 Å². The second-order valence-electron chi connectivity index (χ2n) is 35.7. The lowest BCUT2D eigenvalue weighted by molar-refractivity contribution is -0.150. The quantitative estimate of drug-likeness (QED) is 0.0278. The van der Waals surface area contributed by atoms with Crippen LogP contribution < -0.4 is 31.9 Å². The molecule has 15 atom stereocenters. The molecule has 138 heavy (non-hydrogen) atoms. The van der Waals surface area contributed by atoms with E-state index in [1.807, 2.05) is 0 Å². The number of hydrogen-bond donors (Lipinski definition) is 12. The summed E-state index contributed by atoms with van der Waals surface area (Å²) in [7, 11) is 3.84. The number of aliphatic hydroxyl groups excluding tert-OH is 2. The summed E-state index contributed by atoms with van der Waals surface area (Å²) < 4.78 is 43.4. The third-order valence-corrected chi connectivity index (χ3v) is 27.0. The number of carbonyl (C=O) groups excluding carboxylic acids is 14. The normalized spacial score (nSPS) is 23.2. The van der Waals surface area contributed by atoms with Gasteiger partial charge in [-0.1, -0.05) is 135 Å². The van der Waals surface area contributed by atoms with Gasteiger partial charge in [0.2, 0.25) is 65.0 Å². The largest absolute Gasteiger partial charge is 0.508 e. The molecule has 11 rings (SSSR count). The zero-order chi connectivity index (χ0) is 99.9. The standard InChI is InChI=1S/C100H118ClF3N14O19S/c1-8-57(3)89-98(135)116(7)82(49-69-55-138-56-107-69)94(131)111-78(45-66-52-106-75-27-16-14-25-72(66)75)93(130)110-77(44-65-51-105-74-26-15-13-24-71(65)74)92(129)109-76(42-60-30-34-67(35-31-60)100(102,103)104)83(122)46-63(40-59-32-36-70(121)37-33-59)95(132)115(6)81(43-61-20-17-23-68(101)41-61)84(123)47-64(96(133)118-39-18-28-80(118)97(134)114(5)53-87(126)108-79(54-119)99(136)137)48-88(127)117(9-2)38-19-29-86(125)112-90(58(4)120)85(124)50-73(91(128)113-89)62-21-11-10-12-22-62/h10-17,20-27,30-37,41,51-52,56-58,63-64,69,73,76-82,89-90,105-106,119-121H,8-9,18-19,28-29,38-40,42-50,53-55H2,1-7H3,(H,108,126)(H,109,129)(H,110,130)(H,111,131)(H,112,125)(H,113,128)(H,136,137)/t57-,58+,63-,64-,69?,73-,76-,77-,78-,79-,80-,81-,82-,89-,90-/m0/s1. The number of carboxylic acids is 1. The summed E-state index contributed by atoms with van der Waals surface area (Å²) in [6.45, 7) is 4.15. The number of aromatic amines is 2. The molecule has 5 heterocycles. The van der Waals surface area contributed by atoms with E-state index >= 15 is 47.9 Å². The number of hydrogen-bond acceptors (Lipinski definition) is 20. The number of likely N-dealkylation sites (tertiary alicyclic amines) is 1. The number of nitrogens with zero attached hydrogens (tertiary/aromatic N) is 6. The first kappa shape index (κ1) is 105. The lowest BCUT2D eigenvalue weighted by Crippen LogP contribution is -2.61. The molecule has 3 aliphatic rings. The minimum atomic E-state index is -4.84. The van der Waals surface area contributed by atoms with Crippen LogP contribution in [0.1, 0.15) is 137 Å². The molecule has 11 amide bonds. The number of aliphatic hydroxyl groups is 2. The summed E-state index contributed by atoms with van der Waals surface area (Å²) in [4.78, 5) is 244. The number of carboxylic acid groups (broad SMARTS) is 1. The molecule has 38 heteroatoms. The lowest BCUT2D eigenvalue weighted by atomic mass is 9.87. The predicted molar refractivity (Wildman–Crippen MR) is 510 cm³/mol. The SMILES string of the molecule is CC[C@H](C)[C@@H]1NC(=O)[C@H](c2ccccc2)CC(=O)[C@H]([C@@H](C)O)NC(=O)CCCN(CC)C(=O)C[C@@H](C(=O)N2CCC[C@H]2C(=O)N(C)CC(=O)N[C@@H](CO)C(=O)O)CC(=O)[C@H](Cc2cccc(Cl)c2)N(C)C(=O)[C@@H](Cc2ccc(O)cc2)CC(=O)[C@H](Cc2ccc(C(F)(F)F)cc2)NC(=O)[C@H](Cc2c[nH]c3ccccc23)NC(=O)[C@H](Cc2c[nH]c3ccccc23)NC(=O)[C@H](CC2CSC=N2)N(C)C1=O. The number of halogens is 4. The van der Waals surface area contributed by atoms with Crippen molar-refractivity contribution >= 4 is 139 Å². The van der Waals surface area contributed by atoms with Crippen molar-refractivity contribution in [3.63, 3.8) is 0 Å². The van der Waals surface area contributed by atoms with E-state index in [2.05, 4.69) is 46.9 Å². The van der Waals surface area contributed by atoms with Crippen LogP contribution in [-0.4, -0.2) is 275 Å². The summed E-state index contributed by atoms with van der Waals surface area (Å²) in [5.41, 5.74) is 3.74. The fourth-order valence-electron chi connectivity index (χ4n) is 17.8. The zero-order valence-electron chi connectivity index (χ0n) is 77.7. The van der Waals surface area contributed by atoms with E-state index in [1.165, 1.54) is 75.1 Å². The van der Waals surface area contributed by atoms with E-state index in [4.69, 9.17) is 11.6 Å². The van der Waals surface area contributed by atoms with Crippen LogP contribution in [0.15, 0.2) is 169 Å². The van der Waals surface area contributed by atoms with Crippen LogP contribution in [-0.2, 0) is 110 Å². The highest BCUT2D eigenvalue weighted by molar-refractivity contribution is 8.12. The van der Waals surface area contributed by atoms with Gasteiger partial charge in [-0.25, -0.2) is 4.79 Å². The van der Waals surface area contributed by atoms with Crippen molar-refractivity contribution in [3.05, 3.63) is 208 Å². The third kappa shape index (κ3) is 27.9. The number of phenolic OH excluding ortho intramolecular Hbond substituents is 1. The fraction of sp³-hybridized carbons (Fsp3) is 0.440. The number of H-pyrrole nitrogens is 2. The molecular weight excluding hydrogens is 1830 g/mol. The number of Topliss-reactive ketones (excluding diaryl/α,β-unsaturated/α-hetero) is 3. The second-order valence-corrected chi connectivity index (χ2v) is 37.0. The first-order chi connectivity index (χ1) is 65.8. The van der Waals surface area contributed by atoms with E-state index in [0.29, 0.717) is 55.4 Å². The summed E-state index contributed by atoms with van der Waals surface area (Å²) in [5.74, 6) is -19.1. The molecule has 33 nitrogen and oxygen atoms in total. The Bertz CT molecular complexity index is 5750. The van der Waals surface area contributed by atoms with Gasteiger partial charge >= 0.3 is 12.1 Å². The lowest BCUT2D eigenvalue weighted by Gasteiger charge is -2.35. The fourth-order valence-corrected chi connectivity index (χ4v) is 18.8. The number of aliphatic imine (C=N–C) groups is 1. The van der Waals surface area contributed by atoms with Gasteiger partial charge in [-0.3, -0.25) is 72.1 Å². The number of thioether (sulfide) groups is 1. The molecule has 8 aromatic rings. The van der Waals surface area contributed by atoms with Crippen LogP contribution in [0.3, 0.4) is 0 Å². The minimum Gasteiger partial charge on any atom is -0.508 e. The van der Waals surface area contributed by atoms with Crippen molar-refractivity contribution in [3.8, 4) is 5.75 Å². The molecule has 1 unspecified atom stereocenters. The maximum absolute atomic E-state index is 16.3. The minimum absolute atomic E-state index is 0.00940. The number of aromatic nitrogens is 2. The summed E-state index contributed by atoms with van der Waals surface area (Å²) in [6, 6.07) is 22.6. The molecule has 0 spiro atoms. The highest BCUT2D eigenvalue weighted by atomic mass is 35.5. The molecule has 3 aliphatic heterocycles. The van der Waals surface area contributed by atoms with Crippen LogP contribution in [0.5, 0.6) is 5.75 Å². The first-order valence-corrected chi connectivity index (χ1v) is 47.5. The maximum Gasteiger partial charge on any atom is 0.416 e. The van der Waals surface area contributed by atoms with Gasteiger partial charge in [0.05, 0.1) is 60.3 Å². The Hall–Kier alpha value is -13.1. The number of carbonyl (C=O) groups is 15.